The predicted octanol–water partition coefficient (Wildman–Crippen LogP) is 2.68. The van der Waals surface area contributed by atoms with Crippen LogP contribution in [-0.4, -0.2) is 26.6 Å². The summed E-state index contributed by atoms with van der Waals surface area (Å²) in [6, 6.07) is 6.83. The second-order valence-electron chi connectivity index (χ2n) is 5.90. The number of nitrogens with zero attached hydrogens (tertiary/aromatic N) is 4. The highest BCUT2D eigenvalue weighted by molar-refractivity contribution is 6.52. The summed E-state index contributed by atoms with van der Waals surface area (Å²) >= 11 is 5.92. The van der Waals surface area contributed by atoms with Crippen LogP contribution in [-0.2, 0) is 22.4 Å². The molecule has 0 bridgehead atoms. The van der Waals surface area contributed by atoms with Crippen LogP contribution in [0.2, 0.25) is 0 Å². The molecule has 28 heavy (non-hydrogen) atoms. The van der Waals surface area contributed by atoms with Crippen molar-refractivity contribution >= 4 is 34.0 Å². The van der Waals surface area contributed by atoms with E-state index in [4.69, 9.17) is 22.1 Å². The Kier molecular flexibility index (Phi) is 5.30. The third-order valence-corrected chi connectivity index (χ3v) is 4.63. The van der Waals surface area contributed by atoms with E-state index in [0.717, 1.165) is 11.1 Å². The maximum atomic E-state index is 11.4. The van der Waals surface area contributed by atoms with Gasteiger partial charge in [-0.05, 0) is 23.3 Å². The molecule has 136 valence electrons. The minimum absolute atomic E-state index is 0.0466. The maximum Gasteiger partial charge on any atom is 0.181 e. The van der Waals surface area contributed by atoms with Crippen molar-refractivity contribution in [2.45, 2.75) is 12.8 Å². The first kappa shape index (κ1) is 19.0. The average molecular weight is 391 g/mol. The van der Waals surface area contributed by atoms with E-state index >= 15 is 0 Å². The zero-order chi connectivity index (χ0) is 20.3. The quantitative estimate of drug-likeness (QED) is 0.732. The number of Topliss-reactive ketones (excluding diaryl/α,β-unsaturated/α-hetero) is 2. The number of aliphatic hydroxyl groups excluding tert-OH is 1. The molecule has 0 unspecified atom stereocenters. The fourth-order valence-corrected chi connectivity index (χ4v) is 3.19. The highest BCUT2D eigenvalue weighted by Crippen LogP contribution is 2.31. The van der Waals surface area contributed by atoms with Gasteiger partial charge in [-0.2, -0.15) is 10.5 Å². The van der Waals surface area contributed by atoms with E-state index in [1.54, 1.807) is 30.6 Å². The first-order valence-corrected chi connectivity index (χ1v) is 8.41. The normalized spacial score (nSPS) is 15.0. The van der Waals surface area contributed by atoms with E-state index in [-0.39, 0.29) is 46.3 Å². The lowest BCUT2D eigenvalue weighted by Gasteiger charge is -2.13. The lowest BCUT2D eigenvalue weighted by Crippen LogP contribution is -2.15. The van der Waals surface area contributed by atoms with Crippen LogP contribution in [0.4, 0.5) is 0 Å². The maximum absolute atomic E-state index is 11.4. The van der Waals surface area contributed by atoms with Crippen LogP contribution in [0.15, 0.2) is 48.1 Å². The number of aliphatic hydroxyl groups is 1. The molecule has 2 aromatic rings. The van der Waals surface area contributed by atoms with Gasteiger partial charge >= 0.3 is 0 Å². The summed E-state index contributed by atoms with van der Waals surface area (Å²) in [5, 5.41) is 27.2. The number of fused-ring (bicyclic) bond motifs is 2. The van der Waals surface area contributed by atoms with Gasteiger partial charge in [-0.25, -0.2) is 0 Å². The molecule has 2 heterocycles. The Morgan fingerprint density at radius 2 is 1.39 bits per heavy atom. The van der Waals surface area contributed by atoms with E-state index in [9.17, 15) is 14.7 Å². The molecular formula is C20H11ClN4O3. The molecule has 0 aromatic carbocycles. The zero-order valence-electron chi connectivity index (χ0n) is 14.3. The molecule has 4 rings (SSSR count). The Labute approximate surface area is 164 Å². The molecule has 2 aliphatic rings. The SMILES string of the molecule is N#CC1=C(Cl)c2ccncc2CC1=O.N#CC1=C(O)c2ccncc2CC1=O. The van der Waals surface area contributed by atoms with Crippen molar-refractivity contribution < 1.29 is 14.7 Å². The molecule has 0 atom stereocenters. The van der Waals surface area contributed by atoms with Gasteiger partial charge < -0.3 is 5.11 Å². The largest absolute Gasteiger partial charge is 0.506 e. The van der Waals surface area contributed by atoms with Gasteiger partial charge in [0.05, 0.1) is 5.03 Å². The van der Waals surface area contributed by atoms with Gasteiger partial charge in [0.1, 0.15) is 29.0 Å². The smallest absolute Gasteiger partial charge is 0.181 e. The minimum Gasteiger partial charge on any atom is -0.506 e. The molecule has 0 saturated carbocycles. The summed E-state index contributed by atoms with van der Waals surface area (Å²) in [4.78, 5) is 30.5. The van der Waals surface area contributed by atoms with Crippen LogP contribution in [0.1, 0.15) is 22.3 Å². The minimum atomic E-state index is -0.356. The summed E-state index contributed by atoms with van der Waals surface area (Å²) < 4.78 is 0. The Morgan fingerprint density at radius 1 is 0.893 bits per heavy atom. The Morgan fingerprint density at radius 3 is 1.96 bits per heavy atom. The molecular weight excluding hydrogens is 380 g/mol. The van der Waals surface area contributed by atoms with Crippen molar-refractivity contribution in [2.24, 2.45) is 0 Å². The van der Waals surface area contributed by atoms with E-state index in [2.05, 4.69) is 9.97 Å². The summed E-state index contributed by atoms with van der Waals surface area (Å²) in [7, 11) is 0. The van der Waals surface area contributed by atoms with Gasteiger partial charge in [-0.1, -0.05) is 11.6 Å². The molecule has 7 nitrogen and oxygen atoms in total. The van der Waals surface area contributed by atoms with Crippen molar-refractivity contribution in [2.75, 3.05) is 0 Å². The van der Waals surface area contributed by atoms with Crippen molar-refractivity contribution in [3.05, 3.63) is 70.3 Å². The topological polar surface area (TPSA) is 128 Å². The first-order valence-electron chi connectivity index (χ1n) is 8.04. The summed E-state index contributed by atoms with van der Waals surface area (Å²) in [5.41, 5.74) is 2.58. The molecule has 0 saturated heterocycles. The lowest BCUT2D eigenvalue weighted by molar-refractivity contribution is -0.115. The van der Waals surface area contributed by atoms with Crippen LogP contribution < -0.4 is 0 Å². The van der Waals surface area contributed by atoms with E-state index in [1.165, 1.54) is 12.4 Å². The third kappa shape index (κ3) is 3.39. The summed E-state index contributed by atoms with van der Waals surface area (Å²) in [6.45, 7) is 0. The highest BCUT2D eigenvalue weighted by atomic mass is 35.5. The van der Waals surface area contributed by atoms with Crippen LogP contribution in [0.5, 0.6) is 0 Å². The second kappa shape index (κ2) is 7.83. The van der Waals surface area contributed by atoms with Crippen molar-refractivity contribution in [3.63, 3.8) is 0 Å². The van der Waals surface area contributed by atoms with Crippen LogP contribution >= 0.6 is 11.6 Å². The zero-order valence-corrected chi connectivity index (χ0v) is 15.1. The van der Waals surface area contributed by atoms with Crippen LogP contribution in [0, 0.1) is 22.7 Å². The third-order valence-electron chi connectivity index (χ3n) is 4.24. The molecule has 0 aliphatic heterocycles. The number of carbonyl (C=O) groups excluding carboxylic acids is 2. The van der Waals surface area contributed by atoms with Crippen molar-refractivity contribution in [3.8, 4) is 12.1 Å². The molecule has 1 N–H and O–H groups in total. The number of aromatic nitrogens is 2. The van der Waals surface area contributed by atoms with Gasteiger partial charge in [0.15, 0.2) is 11.6 Å². The summed E-state index contributed by atoms with van der Waals surface area (Å²) in [6.07, 6.45) is 6.58. The number of carbonyl (C=O) groups is 2. The number of rotatable bonds is 0. The number of ketones is 2. The number of halogens is 1. The summed E-state index contributed by atoms with van der Waals surface area (Å²) in [5.74, 6) is -0.829. The Bertz CT molecular complexity index is 1060. The molecule has 0 spiro atoms. The molecule has 2 aromatic heterocycles. The van der Waals surface area contributed by atoms with Gasteiger partial charge in [0, 0.05) is 48.8 Å². The monoisotopic (exact) mass is 390 g/mol. The first-order chi connectivity index (χ1) is 13.5. The Hall–Kier alpha value is -3.81. The number of hydrogen-bond acceptors (Lipinski definition) is 7. The molecule has 0 amide bonds. The van der Waals surface area contributed by atoms with E-state index < -0.39 is 0 Å². The van der Waals surface area contributed by atoms with E-state index in [1.807, 2.05) is 6.07 Å². The van der Waals surface area contributed by atoms with Gasteiger partial charge in [-0.3, -0.25) is 19.6 Å². The van der Waals surface area contributed by atoms with Crippen LogP contribution in [0.3, 0.4) is 0 Å². The van der Waals surface area contributed by atoms with Gasteiger partial charge in [0.2, 0.25) is 0 Å². The van der Waals surface area contributed by atoms with Crippen LogP contribution in [0.25, 0.3) is 10.8 Å². The standard InChI is InChI=1S/C10H5ClN2O.C10H6N2O2/c11-10-7-1-2-13-5-6(7)3-9(14)8(10)4-12;11-4-8-9(13)3-6-5-12-2-1-7(6)10(8)14/h1-2,5H,3H2;1-2,5,14H,3H2. The molecule has 8 heteroatoms. The second-order valence-corrected chi connectivity index (χ2v) is 6.28. The molecule has 0 fully saturated rings. The van der Waals surface area contributed by atoms with E-state index in [0.29, 0.717) is 11.1 Å². The number of allylic oxidation sites excluding steroid dienone is 2. The molecule has 0 radical (unpaired) electrons. The highest BCUT2D eigenvalue weighted by Gasteiger charge is 2.25. The number of nitriles is 2. The fourth-order valence-electron chi connectivity index (χ4n) is 2.85. The Balaban J connectivity index is 0.000000161. The number of hydrogen-bond donors (Lipinski definition) is 1. The van der Waals surface area contributed by atoms with Crippen molar-refractivity contribution in [1.82, 2.24) is 9.97 Å². The van der Waals surface area contributed by atoms with Gasteiger partial charge in [-0.15, -0.1) is 0 Å². The van der Waals surface area contributed by atoms with Crippen molar-refractivity contribution in [1.29, 1.82) is 10.5 Å². The van der Waals surface area contributed by atoms with Gasteiger partial charge in [0.25, 0.3) is 0 Å². The predicted molar refractivity (Wildman–Crippen MR) is 99.4 cm³/mol. The molecule has 2 aliphatic carbocycles. The lowest BCUT2D eigenvalue weighted by atomic mass is 9.92. The fraction of sp³-hybridized carbons (Fsp3) is 0.100. The number of pyridine rings is 2. The average Bonchev–Trinajstić information content (AvgIpc) is 2.69.